The second-order valence-electron chi connectivity index (χ2n) is 36.4. The molecule has 0 bridgehead atoms. The van der Waals surface area contributed by atoms with E-state index in [4.69, 9.17) is 72.0 Å². The van der Waals surface area contributed by atoms with Gasteiger partial charge in [0.15, 0.2) is 18.9 Å². The topological polar surface area (TPSA) is 625 Å². The lowest BCUT2D eigenvalue weighted by molar-refractivity contribution is -0.270. The third-order valence-corrected chi connectivity index (χ3v) is 25.9. The lowest BCUT2D eigenvalue weighted by Crippen LogP contribution is -2.64. The molecule has 5 heterocycles. The third-order valence-electron chi connectivity index (χ3n) is 24.9. The van der Waals surface area contributed by atoms with E-state index in [2.05, 4.69) is 59.6 Å². The number of phosphoric acid groups is 1. The predicted molar refractivity (Wildman–Crippen MR) is 514 cm³/mol. The van der Waals surface area contributed by atoms with Gasteiger partial charge in [0.2, 0.25) is 47.3 Å². The molecular weight excluding hydrogens is 1870 g/mol. The van der Waals surface area contributed by atoms with Crippen molar-refractivity contribution in [2.24, 2.45) is 11.7 Å². The number of hydrogen-bond acceptors (Lipinski definition) is 35. The quantitative estimate of drug-likeness (QED) is 0.0320. The maximum absolute atomic E-state index is 14.8. The Hall–Kier alpha value is -7.39. The van der Waals surface area contributed by atoms with E-state index in [1.165, 1.54) is 20.8 Å². The number of likely N-dealkylation sites (tertiary alicyclic amines) is 1. The number of anilines is 1. The maximum Gasteiger partial charge on any atom is 0.472 e. The molecule has 2 aromatic carbocycles. The molecule has 804 valence electrons. The smallest absolute Gasteiger partial charge is 0.396 e. The average Bonchev–Trinajstić information content (AvgIpc) is 0.773. The number of nitrogens with zero attached hydrogens (tertiary/aromatic N) is 2. The molecule has 2 aromatic rings. The second kappa shape index (κ2) is 68.1. The van der Waals surface area contributed by atoms with Gasteiger partial charge < -0.3 is 166 Å². The zero-order valence-electron chi connectivity index (χ0n) is 82.4. The number of phosphoric ester groups is 1. The first-order valence-electron chi connectivity index (χ1n) is 50.2. The molecule has 4 saturated heterocycles. The molecule has 8 amide bonds. The first-order valence-corrected chi connectivity index (χ1v) is 51.7. The Balaban J connectivity index is 0.905. The molecule has 0 aromatic heterocycles. The summed E-state index contributed by atoms with van der Waals surface area (Å²) < 4.78 is 87.6. The van der Waals surface area contributed by atoms with E-state index in [9.17, 15) is 93.8 Å². The van der Waals surface area contributed by atoms with E-state index in [1.807, 2.05) is 36.4 Å². The summed E-state index contributed by atoms with van der Waals surface area (Å²) in [7, 11) is -4.12. The van der Waals surface area contributed by atoms with Crippen molar-refractivity contribution in [3.63, 3.8) is 0 Å². The van der Waals surface area contributed by atoms with Crippen LogP contribution in [0.5, 0.6) is 0 Å². The fourth-order valence-electron chi connectivity index (χ4n) is 17.0. The molecule has 0 saturated carbocycles. The number of hydrogen-bond donors (Lipinski definition) is 20. The van der Waals surface area contributed by atoms with Crippen LogP contribution in [0, 0.1) is 5.92 Å². The van der Waals surface area contributed by atoms with E-state index < -0.39 is 155 Å². The Morgan fingerprint density at radius 2 is 0.837 bits per heavy atom. The fourth-order valence-corrected chi connectivity index (χ4v) is 17.8. The van der Waals surface area contributed by atoms with Gasteiger partial charge in [0.1, 0.15) is 85.2 Å². The number of aliphatic hydroxyl groups excluding tert-OH is 10. The molecule has 21 N–H and O–H groups in total. The van der Waals surface area contributed by atoms with Crippen molar-refractivity contribution in [1.29, 1.82) is 0 Å². The molecular formula is C96H162N11O33P. The van der Waals surface area contributed by atoms with E-state index in [0.717, 1.165) is 86.0 Å². The highest BCUT2D eigenvalue weighted by Gasteiger charge is 2.49. The SMILES string of the molecule is CC(=O)NC1C(OCCCCCCCCNC(=O)CCOCC(COCCC(=O)NCCCCCCOC2OC(CO)C(O)C(O)C2NC(C)=O)(COCCC(=O)NCCCCCCOC2OC(CO)C(O)C(O)C2NC(C)=O)NC(=O)C2CCN(C(=O)COCCOCCN/C3=C(\N)c4ccccc4N(CCCCCCCOP(=O)(O)OCCCCCO)Cc4ccccc43)CC2)OC(CO)C(O)C1O. The third kappa shape index (κ3) is 44.4. The number of carbonyl (C=O) groups excluding carboxylic acids is 8. The van der Waals surface area contributed by atoms with Crippen LogP contribution in [0.1, 0.15) is 211 Å². The number of para-hydroxylation sites is 1. The van der Waals surface area contributed by atoms with Crippen molar-refractivity contribution in [2.45, 2.75) is 298 Å². The summed E-state index contributed by atoms with van der Waals surface area (Å²) >= 11 is 0. The van der Waals surface area contributed by atoms with Gasteiger partial charge in [-0.05, 0) is 95.1 Å². The standard InChI is InChI=1S/C96H162N11O33P/c1-66(112)102-83-89(122)86(119)74(59-109)138-93(83)133-47-25-11-5-4-7-20-39-98-77(115)36-52-130-63-96(64-131-53-37-78(116)99-40-21-8-13-26-48-134-94-84(103-67(2)113)90(123)87(120)75(60-110)139-94,65-132-54-38-79(117)100-41-22-9-14-27-49-135-95-85(104-68(3)114)91(124)88(121)76(61-111)140-95)105-92(125)69-34-44-106(45-35-69)80(118)62-129-57-56-128-55-42-101-82-71-31-17-16-30-70(71)58-107(73-33-19-18-32-72(73)81(82)97)43-23-10-6-12-28-50-136-141(126,127)137-51-29-15-24-46-108/h16-19,30-33,69,74-76,83-91,93-95,101,108-111,119-124H,4-15,20-29,34-65,97H2,1-3H3,(H,98,115)(H,99,116)(H,100,117)(H,102,112)(H,103,113)(H,104,114)(H,105,125)(H,126,127)/b82-81-. The number of piperidine rings is 1. The van der Waals surface area contributed by atoms with Gasteiger partial charge in [0, 0.05) is 142 Å². The largest absolute Gasteiger partial charge is 0.472 e. The van der Waals surface area contributed by atoms with Gasteiger partial charge in [-0.25, -0.2) is 4.57 Å². The van der Waals surface area contributed by atoms with Crippen LogP contribution >= 0.6 is 7.82 Å². The highest BCUT2D eigenvalue weighted by Crippen LogP contribution is 2.44. The lowest BCUT2D eigenvalue weighted by atomic mass is 9.93. The predicted octanol–water partition coefficient (Wildman–Crippen LogP) is 0.665. The van der Waals surface area contributed by atoms with Crippen molar-refractivity contribution < 1.29 is 160 Å². The Morgan fingerprint density at radius 3 is 1.27 bits per heavy atom. The minimum absolute atomic E-state index is 0.0620. The van der Waals surface area contributed by atoms with Gasteiger partial charge >= 0.3 is 7.82 Å². The summed E-state index contributed by atoms with van der Waals surface area (Å²) in [6.07, 6.45) is 0.655. The Bertz CT molecular complexity index is 3930. The zero-order valence-corrected chi connectivity index (χ0v) is 83.3. The minimum Gasteiger partial charge on any atom is -0.396 e. The van der Waals surface area contributed by atoms with Gasteiger partial charge in [-0.1, -0.05) is 113 Å². The summed E-state index contributed by atoms with van der Waals surface area (Å²) in [5, 5.41) is 124. The number of carbonyl (C=O) groups is 8. The summed E-state index contributed by atoms with van der Waals surface area (Å²) in [5.41, 5.74) is 10.9. The average molecular weight is 2030 g/mol. The van der Waals surface area contributed by atoms with Crippen LogP contribution < -0.4 is 53.2 Å². The molecule has 5 aliphatic rings. The van der Waals surface area contributed by atoms with Crippen LogP contribution in [0.25, 0.3) is 11.4 Å². The van der Waals surface area contributed by atoms with Gasteiger partial charge in [0.25, 0.3) is 0 Å². The van der Waals surface area contributed by atoms with Crippen molar-refractivity contribution in [1.82, 2.24) is 47.4 Å². The molecule has 16 atom stereocenters. The van der Waals surface area contributed by atoms with Crippen LogP contribution in [-0.4, -0.2) is 377 Å². The molecule has 0 spiro atoms. The van der Waals surface area contributed by atoms with Gasteiger partial charge in [0.05, 0.1) is 104 Å². The van der Waals surface area contributed by atoms with Crippen LogP contribution in [0.3, 0.4) is 0 Å². The molecule has 7 rings (SSSR count). The summed E-state index contributed by atoms with van der Waals surface area (Å²) in [4.78, 5) is 118. The van der Waals surface area contributed by atoms with Crippen LogP contribution in [0.4, 0.5) is 5.69 Å². The highest BCUT2D eigenvalue weighted by atomic mass is 31.2. The zero-order chi connectivity index (χ0) is 102. The number of unbranched alkanes of at least 4 members (excludes halogenated alkanes) is 17. The van der Waals surface area contributed by atoms with E-state index in [1.54, 1.807) is 4.90 Å². The molecule has 141 heavy (non-hydrogen) atoms. The maximum atomic E-state index is 14.8. The van der Waals surface area contributed by atoms with Crippen molar-refractivity contribution in [2.75, 3.05) is 176 Å². The Labute approximate surface area is 827 Å². The van der Waals surface area contributed by atoms with E-state index in [0.29, 0.717) is 135 Å². The van der Waals surface area contributed by atoms with Crippen LogP contribution in [-0.2, 0) is 111 Å². The Kier molecular flexibility index (Phi) is 58.3. The molecule has 0 aliphatic carbocycles. The molecule has 16 unspecified atom stereocenters. The van der Waals surface area contributed by atoms with E-state index in [-0.39, 0.29) is 168 Å². The van der Waals surface area contributed by atoms with Gasteiger partial charge in [-0.3, -0.25) is 47.4 Å². The molecule has 45 heteroatoms. The number of nitrogens with one attached hydrogen (secondary N) is 8. The number of nitrogens with two attached hydrogens (primary N) is 1. The van der Waals surface area contributed by atoms with Crippen molar-refractivity contribution >= 4 is 72.2 Å². The number of benzene rings is 2. The summed E-state index contributed by atoms with van der Waals surface area (Å²) in [5.74, 6) is -3.63. The highest BCUT2D eigenvalue weighted by molar-refractivity contribution is 7.47. The van der Waals surface area contributed by atoms with Crippen LogP contribution in [0.2, 0.25) is 0 Å². The van der Waals surface area contributed by atoms with E-state index >= 15 is 0 Å². The van der Waals surface area contributed by atoms with Gasteiger partial charge in [-0.15, -0.1) is 0 Å². The molecule has 4 fully saturated rings. The fraction of sp³-hybridized carbons (Fsp3) is 0.771. The normalized spacial score (nSPS) is 24.0. The van der Waals surface area contributed by atoms with Crippen molar-refractivity contribution in [3.05, 3.63) is 65.2 Å². The summed E-state index contributed by atoms with van der Waals surface area (Å²) in [6.45, 7) is 5.48. The first-order chi connectivity index (χ1) is 68.0. The number of fused-ring (bicyclic) bond motifs is 2. The lowest BCUT2D eigenvalue weighted by Gasteiger charge is -2.42. The summed E-state index contributed by atoms with van der Waals surface area (Å²) in [6, 6.07) is 13.0. The minimum atomic E-state index is -4.12. The number of rotatable bonds is 73. The Morgan fingerprint density at radius 1 is 0.447 bits per heavy atom. The molecule has 44 nitrogen and oxygen atoms in total. The van der Waals surface area contributed by atoms with Crippen molar-refractivity contribution in [3.8, 4) is 0 Å². The molecule has 0 radical (unpaired) electrons. The number of amides is 8. The first kappa shape index (κ1) is 121. The van der Waals surface area contributed by atoms with Crippen LogP contribution in [0.15, 0.2) is 48.5 Å². The van der Waals surface area contributed by atoms with Gasteiger partial charge in [-0.2, -0.15) is 0 Å². The second-order valence-corrected chi connectivity index (χ2v) is 37.9. The monoisotopic (exact) mass is 2030 g/mol. The number of aliphatic hydroxyl groups is 10. The molecule has 5 aliphatic heterocycles. The number of ether oxygens (including phenoxy) is 11.